The van der Waals surface area contributed by atoms with Crippen molar-refractivity contribution in [2.45, 2.75) is 136 Å². The van der Waals surface area contributed by atoms with Gasteiger partial charge in [0.1, 0.15) is 0 Å². The Morgan fingerprint density at radius 3 is 1.30 bits per heavy atom. The van der Waals surface area contributed by atoms with Gasteiger partial charge in [-0.05, 0) is 139 Å². The molecule has 2 aliphatic rings. The van der Waals surface area contributed by atoms with E-state index in [2.05, 4.69) is 24.0 Å². The molecule has 0 saturated carbocycles. The number of ether oxygens (including phenoxy) is 2. The number of carbonyl (C=O) groups excluding carboxylic acids is 4. The number of hydrogen-bond acceptors (Lipinski definition) is 9. The Bertz CT molecular complexity index is 2770. The topological polar surface area (TPSA) is 151 Å². The Hall–Kier alpha value is -7.14. The average Bonchev–Trinajstić information content (AvgIpc) is 3.55. The van der Waals surface area contributed by atoms with E-state index in [9.17, 15) is 51.7 Å². The third-order valence-corrected chi connectivity index (χ3v) is 15.1. The van der Waals surface area contributed by atoms with Crippen molar-refractivity contribution in [3.05, 3.63) is 153 Å². The third-order valence-electron chi connectivity index (χ3n) is 14.8. The number of nitrogens with zero attached hydrogens (tertiary/aromatic N) is 7. The van der Waals surface area contributed by atoms with Gasteiger partial charge in [0.15, 0.2) is 0 Å². The van der Waals surface area contributed by atoms with Crippen LogP contribution in [0, 0.1) is 22.7 Å². The molecule has 432 valence electrons. The highest BCUT2D eigenvalue weighted by Gasteiger charge is 2.45. The van der Waals surface area contributed by atoms with Gasteiger partial charge in [-0.25, -0.2) is 19.2 Å². The molecule has 0 saturated heterocycles. The summed E-state index contributed by atoms with van der Waals surface area (Å²) in [5.74, 6) is -1.32. The molecule has 0 bridgehead atoms. The first-order valence-corrected chi connectivity index (χ1v) is 28.5. The van der Waals surface area contributed by atoms with E-state index in [1.165, 1.54) is 56.3 Å². The molecule has 2 aliphatic heterocycles. The van der Waals surface area contributed by atoms with Gasteiger partial charge in [-0.15, -0.1) is 0 Å². The second kappa shape index (κ2) is 29.5. The van der Waals surface area contributed by atoms with Crippen molar-refractivity contribution >= 4 is 44.6 Å². The Kier molecular flexibility index (Phi) is 23.0. The molecule has 4 aromatic carbocycles. The van der Waals surface area contributed by atoms with E-state index in [0.717, 1.165) is 101 Å². The molecule has 0 aliphatic carbocycles. The van der Waals surface area contributed by atoms with Gasteiger partial charge in [0.2, 0.25) is 0 Å². The highest BCUT2D eigenvalue weighted by molar-refractivity contribution is 7.17. The zero-order valence-corrected chi connectivity index (χ0v) is 48.0. The Labute approximate surface area is 475 Å². The number of halogens is 5. The molecule has 0 radical (unpaired) electrons. The van der Waals surface area contributed by atoms with E-state index < -0.39 is 53.5 Å². The van der Waals surface area contributed by atoms with Crippen molar-refractivity contribution < 1.29 is 50.6 Å². The van der Waals surface area contributed by atoms with E-state index >= 15 is 0 Å². The third kappa shape index (κ3) is 16.1. The van der Waals surface area contributed by atoms with E-state index in [1.807, 2.05) is 0 Å². The van der Waals surface area contributed by atoms with E-state index in [0.29, 0.717) is 35.1 Å². The van der Waals surface area contributed by atoms with Crippen molar-refractivity contribution in [3.8, 4) is 12.1 Å². The number of urea groups is 2. The maximum atomic E-state index is 14.6. The van der Waals surface area contributed by atoms with Gasteiger partial charge in [-0.3, -0.25) is 9.80 Å². The number of nitriles is 2. The van der Waals surface area contributed by atoms with Crippen LogP contribution in [-0.2, 0) is 30.9 Å². The molecule has 6 rings (SSSR count). The average molecular weight is 1140 g/mol. The lowest BCUT2D eigenvalue weighted by molar-refractivity contribution is -0.140. The lowest BCUT2D eigenvalue weighted by Crippen LogP contribution is -2.51. The number of rotatable bonds is 28. The largest absolute Gasteiger partial charge is 0.463 e. The smallest absolute Gasteiger partial charge is 0.416 e. The maximum Gasteiger partial charge on any atom is 0.416 e. The van der Waals surface area contributed by atoms with Crippen molar-refractivity contribution in [1.29, 1.82) is 10.5 Å². The van der Waals surface area contributed by atoms with Crippen LogP contribution in [0.3, 0.4) is 0 Å². The second-order valence-corrected chi connectivity index (χ2v) is 21.0. The van der Waals surface area contributed by atoms with Gasteiger partial charge >= 0.3 is 30.2 Å². The summed E-state index contributed by atoms with van der Waals surface area (Å²) >= 11 is 0. The molecular formula is C62H73F5N7O6P. The molecule has 81 heavy (non-hydrogen) atoms. The minimum absolute atomic E-state index is 0.0270. The molecule has 4 amide bonds. The summed E-state index contributed by atoms with van der Waals surface area (Å²) in [7, 11) is 1.52. The number of allylic oxidation sites excluding steroid dienone is 2. The van der Waals surface area contributed by atoms with Gasteiger partial charge in [-0.2, -0.15) is 32.5 Å². The van der Waals surface area contributed by atoms with Crippen molar-refractivity contribution in [1.82, 2.24) is 14.7 Å². The molecule has 2 heterocycles. The fourth-order valence-corrected chi connectivity index (χ4v) is 10.8. The van der Waals surface area contributed by atoms with Crippen LogP contribution < -0.4 is 9.80 Å². The summed E-state index contributed by atoms with van der Waals surface area (Å²) in [5, 5.41) is 19.0. The van der Waals surface area contributed by atoms with Crippen LogP contribution in [0.2, 0.25) is 0 Å². The van der Waals surface area contributed by atoms with Crippen LogP contribution in [0.15, 0.2) is 120 Å². The van der Waals surface area contributed by atoms with Crippen LogP contribution in [0.1, 0.15) is 157 Å². The SMILES string of the molecule is CCOC(=O)C1=C(C)N(c2cccc(C(F)(F)F)c2)C(=O)N(CCCCCCCCN(CC)CCCCCCCCN2C(=O)N(c3cccc(C(F)(F)P)c3)C(C)=C(C(=O)OCC)C2c2ccc(C#N)cc2)C1c1ccc(C#N)cc1. The summed E-state index contributed by atoms with van der Waals surface area (Å²) in [5.41, 5.74) is -1.57. The van der Waals surface area contributed by atoms with Crippen LogP contribution in [0.4, 0.5) is 42.9 Å². The number of esters is 2. The molecule has 0 N–H and O–H groups in total. The van der Waals surface area contributed by atoms with Crippen LogP contribution in [-0.4, -0.2) is 84.6 Å². The molecule has 3 atom stereocenters. The van der Waals surface area contributed by atoms with Crippen molar-refractivity contribution in [2.75, 3.05) is 55.7 Å². The van der Waals surface area contributed by atoms with Crippen LogP contribution in [0.25, 0.3) is 0 Å². The van der Waals surface area contributed by atoms with Gasteiger partial charge in [0, 0.05) is 30.0 Å². The number of anilines is 2. The maximum absolute atomic E-state index is 14.6. The molecule has 0 fully saturated rings. The lowest BCUT2D eigenvalue weighted by atomic mass is 9.91. The van der Waals surface area contributed by atoms with Gasteiger partial charge < -0.3 is 24.2 Å². The van der Waals surface area contributed by atoms with Crippen molar-refractivity contribution in [3.63, 3.8) is 0 Å². The fraction of sp³-hybridized carbons (Fsp3) is 0.452. The number of carbonyl (C=O) groups is 4. The molecule has 19 heteroatoms. The summed E-state index contributed by atoms with van der Waals surface area (Å²) in [6.07, 6.45) is 5.94. The first-order valence-electron chi connectivity index (χ1n) is 27.9. The van der Waals surface area contributed by atoms with E-state index in [4.69, 9.17) is 9.47 Å². The predicted octanol–water partition coefficient (Wildman–Crippen LogP) is 14.7. The fourth-order valence-electron chi connectivity index (χ4n) is 10.6. The number of unbranched alkanes of at least 4 members (excludes halogenated alkanes) is 10. The number of amides is 4. The molecular weight excluding hydrogens is 1060 g/mol. The summed E-state index contributed by atoms with van der Waals surface area (Å²) in [6.45, 7) is 12.1. The number of hydrogen-bond donors (Lipinski definition) is 0. The second-order valence-electron chi connectivity index (χ2n) is 20.2. The van der Waals surface area contributed by atoms with E-state index in [1.54, 1.807) is 80.3 Å². The summed E-state index contributed by atoms with van der Waals surface area (Å²) < 4.78 is 81.7. The highest BCUT2D eigenvalue weighted by atomic mass is 31.0. The quantitative estimate of drug-likeness (QED) is 0.0234. The zero-order valence-electron chi connectivity index (χ0n) is 46.9. The standard InChI is InChI=1S/C62H73F5N7O6P/c1-6-70(35-17-13-9-11-15-19-37-71-55(47-31-27-45(41-68)28-32-47)53(57(75)79-7-2)43(4)73(59(71)77)51-25-21-23-49(39-51)61(63,64)65)36-18-14-10-12-16-20-38-72-56(48-33-29-46(42-69)30-34-48)54(58(76)80-8-3)44(5)74(60(72)78)52-26-22-24-50(40-52)62(66,67)81/h21-34,39-40,55-56H,6-20,35-38,81H2,1-5H3. The highest BCUT2D eigenvalue weighted by Crippen LogP contribution is 2.44. The molecule has 4 aromatic rings. The van der Waals surface area contributed by atoms with Crippen LogP contribution >= 0.6 is 9.24 Å². The predicted molar refractivity (Wildman–Crippen MR) is 305 cm³/mol. The molecule has 3 unspecified atom stereocenters. The van der Waals surface area contributed by atoms with Crippen molar-refractivity contribution in [2.24, 2.45) is 0 Å². The monoisotopic (exact) mass is 1140 g/mol. The van der Waals surface area contributed by atoms with Gasteiger partial charge in [0.25, 0.3) is 5.66 Å². The number of alkyl halides is 5. The van der Waals surface area contributed by atoms with Crippen LogP contribution in [0.5, 0.6) is 0 Å². The van der Waals surface area contributed by atoms with E-state index in [-0.39, 0.29) is 65.8 Å². The molecule has 0 spiro atoms. The first-order chi connectivity index (χ1) is 38.8. The molecule has 0 aromatic heterocycles. The normalized spacial score (nSPS) is 16.1. The lowest BCUT2D eigenvalue weighted by Gasteiger charge is -2.43. The first kappa shape index (κ1) is 63.0. The minimum atomic E-state index is -4.66. The van der Waals surface area contributed by atoms with Gasteiger partial charge in [0.05, 0.1) is 76.6 Å². The molecule has 13 nitrogen and oxygen atoms in total. The summed E-state index contributed by atoms with van der Waals surface area (Å²) in [4.78, 5) is 64.7. The van der Waals surface area contributed by atoms with Gasteiger partial charge in [-0.1, -0.05) is 110 Å². The summed E-state index contributed by atoms with van der Waals surface area (Å²) in [6, 6.07) is 24.7. The Morgan fingerprint density at radius 2 is 0.938 bits per heavy atom. The number of benzene rings is 4. The Balaban J connectivity index is 0.989. The Morgan fingerprint density at radius 1 is 0.568 bits per heavy atom. The minimum Gasteiger partial charge on any atom is -0.463 e. The zero-order chi connectivity index (χ0) is 58.9.